The van der Waals surface area contributed by atoms with E-state index in [1.165, 1.54) is 6.33 Å². The fourth-order valence-corrected chi connectivity index (χ4v) is 2.82. The molecule has 0 aromatic carbocycles. The van der Waals surface area contributed by atoms with E-state index in [1.54, 1.807) is 16.8 Å². The van der Waals surface area contributed by atoms with E-state index >= 15 is 0 Å². The lowest BCUT2D eigenvalue weighted by Crippen LogP contribution is -2.26. The highest BCUT2D eigenvalue weighted by atomic mass is 16.3. The van der Waals surface area contributed by atoms with Crippen molar-refractivity contribution < 1.29 is 5.11 Å². The molecule has 3 aromatic heterocycles. The van der Waals surface area contributed by atoms with Gasteiger partial charge in [0.1, 0.15) is 12.1 Å². The molecule has 4 N–H and O–H groups in total. The van der Waals surface area contributed by atoms with Crippen LogP contribution in [0.1, 0.15) is 25.8 Å². The van der Waals surface area contributed by atoms with Gasteiger partial charge in [0.05, 0.1) is 23.9 Å². The van der Waals surface area contributed by atoms with E-state index in [9.17, 15) is 5.11 Å². The summed E-state index contributed by atoms with van der Waals surface area (Å²) in [7, 11) is 0. The van der Waals surface area contributed by atoms with Crippen LogP contribution in [-0.4, -0.2) is 42.3 Å². The van der Waals surface area contributed by atoms with Crippen LogP contribution < -0.4 is 11.1 Å². The second kappa shape index (κ2) is 7.02. The molecule has 0 aliphatic heterocycles. The number of aromatic nitrogens is 5. The van der Waals surface area contributed by atoms with Gasteiger partial charge in [0, 0.05) is 18.5 Å². The number of fused-ring (bicyclic) bond motifs is 1. The van der Waals surface area contributed by atoms with Gasteiger partial charge in [0.25, 0.3) is 0 Å². The van der Waals surface area contributed by atoms with Gasteiger partial charge >= 0.3 is 0 Å². The number of rotatable bonds is 6. The third kappa shape index (κ3) is 3.69. The Bertz CT molecular complexity index is 875. The zero-order valence-corrected chi connectivity index (χ0v) is 14.6. The van der Waals surface area contributed by atoms with E-state index in [4.69, 9.17) is 5.73 Å². The van der Waals surface area contributed by atoms with Crippen LogP contribution in [-0.2, 0) is 0 Å². The monoisotopic (exact) mass is 341 g/mol. The van der Waals surface area contributed by atoms with Gasteiger partial charge < -0.3 is 16.2 Å². The number of aliphatic hydroxyl groups excluding tert-OH is 1. The van der Waals surface area contributed by atoms with E-state index in [2.05, 4.69) is 39.2 Å². The van der Waals surface area contributed by atoms with Crippen LogP contribution in [0.25, 0.3) is 16.9 Å². The maximum absolute atomic E-state index is 9.55. The Morgan fingerprint density at radius 2 is 2.08 bits per heavy atom. The summed E-state index contributed by atoms with van der Waals surface area (Å²) in [6.45, 7) is 6.21. The molecule has 0 saturated carbocycles. The predicted molar refractivity (Wildman–Crippen MR) is 97.1 cm³/mol. The number of nitrogens with two attached hydrogens (primary N) is 1. The lowest BCUT2D eigenvalue weighted by Gasteiger charge is -2.18. The topological polar surface area (TPSA) is 114 Å². The minimum Gasteiger partial charge on any atom is -0.394 e. The number of nitrogens with zero attached hydrogens (tertiary/aromatic N) is 5. The molecule has 132 valence electrons. The SMILES string of the molecule is Cc1cnc2c(-c3cc(N[C@H](CO)CC(C)C)ncn3)c(N)nn2c1. The summed E-state index contributed by atoms with van der Waals surface area (Å²) in [5.74, 6) is 1.47. The van der Waals surface area contributed by atoms with E-state index in [0.717, 1.165) is 12.0 Å². The maximum atomic E-state index is 9.55. The lowest BCUT2D eigenvalue weighted by atomic mass is 10.0. The Morgan fingerprint density at radius 3 is 2.80 bits per heavy atom. The first-order chi connectivity index (χ1) is 12.0. The molecule has 3 heterocycles. The van der Waals surface area contributed by atoms with Gasteiger partial charge in [-0.25, -0.2) is 19.5 Å². The molecule has 0 aliphatic carbocycles. The van der Waals surface area contributed by atoms with Gasteiger partial charge in [0.15, 0.2) is 11.5 Å². The third-order valence-electron chi connectivity index (χ3n) is 3.88. The van der Waals surface area contributed by atoms with Crippen LogP contribution >= 0.6 is 0 Å². The molecule has 0 aliphatic rings. The molecule has 8 nitrogen and oxygen atoms in total. The molecule has 0 fully saturated rings. The van der Waals surface area contributed by atoms with Crippen LogP contribution in [0, 0.1) is 12.8 Å². The molecule has 1 atom stereocenters. The molecular weight excluding hydrogens is 318 g/mol. The molecule has 25 heavy (non-hydrogen) atoms. The fourth-order valence-electron chi connectivity index (χ4n) is 2.82. The van der Waals surface area contributed by atoms with E-state index in [1.807, 2.05) is 13.1 Å². The van der Waals surface area contributed by atoms with Crippen molar-refractivity contribution in [3.8, 4) is 11.3 Å². The number of nitrogens with one attached hydrogen (secondary N) is 1. The van der Waals surface area contributed by atoms with E-state index in [-0.39, 0.29) is 12.6 Å². The first-order valence-corrected chi connectivity index (χ1v) is 8.28. The van der Waals surface area contributed by atoms with Gasteiger partial charge in [-0.05, 0) is 24.8 Å². The van der Waals surface area contributed by atoms with Gasteiger partial charge in [0.2, 0.25) is 0 Å². The fraction of sp³-hybridized carbons (Fsp3) is 0.412. The summed E-state index contributed by atoms with van der Waals surface area (Å²) in [6, 6.07) is 1.74. The lowest BCUT2D eigenvalue weighted by molar-refractivity contribution is 0.259. The Kier molecular flexibility index (Phi) is 4.80. The number of aliphatic hydroxyl groups is 1. The van der Waals surface area contributed by atoms with Crippen LogP contribution in [0.5, 0.6) is 0 Å². The largest absolute Gasteiger partial charge is 0.394 e. The van der Waals surface area contributed by atoms with Crippen LogP contribution in [0.2, 0.25) is 0 Å². The predicted octanol–water partition coefficient (Wildman–Crippen LogP) is 1.90. The van der Waals surface area contributed by atoms with Crippen molar-refractivity contribution in [2.24, 2.45) is 5.92 Å². The van der Waals surface area contributed by atoms with Gasteiger partial charge in [-0.1, -0.05) is 13.8 Å². The molecular formula is C17H23N7O. The second-order valence-electron chi connectivity index (χ2n) is 6.60. The van der Waals surface area contributed by atoms with Crippen LogP contribution in [0.3, 0.4) is 0 Å². The zero-order chi connectivity index (χ0) is 18.0. The third-order valence-corrected chi connectivity index (χ3v) is 3.88. The Balaban J connectivity index is 1.95. The molecule has 3 rings (SSSR count). The minimum absolute atomic E-state index is 0.0389. The zero-order valence-electron chi connectivity index (χ0n) is 14.6. The number of anilines is 2. The quantitative estimate of drug-likeness (QED) is 0.627. The van der Waals surface area contributed by atoms with E-state index < -0.39 is 0 Å². The summed E-state index contributed by atoms with van der Waals surface area (Å²) in [4.78, 5) is 13.0. The van der Waals surface area contributed by atoms with Crippen molar-refractivity contribution in [3.05, 3.63) is 30.4 Å². The first kappa shape index (κ1) is 17.1. The summed E-state index contributed by atoms with van der Waals surface area (Å²) in [6.07, 6.45) is 5.95. The standard InChI is InChI=1S/C17H23N7O/c1-10(2)4-12(8-25)22-14-5-13(20-9-21-14)15-16(18)23-24-7-11(3)6-19-17(15)24/h5-7,9-10,12,25H,4,8H2,1-3H3,(H2,18,23)(H,20,21,22)/t12-/m0/s1. The highest BCUT2D eigenvalue weighted by Gasteiger charge is 2.17. The average Bonchev–Trinajstić information content (AvgIpc) is 2.88. The maximum Gasteiger partial charge on any atom is 0.166 e. The Morgan fingerprint density at radius 1 is 1.28 bits per heavy atom. The highest BCUT2D eigenvalue weighted by molar-refractivity contribution is 5.84. The summed E-state index contributed by atoms with van der Waals surface area (Å²) in [5.41, 5.74) is 9.04. The first-order valence-electron chi connectivity index (χ1n) is 8.28. The second-order valence-corrected chi connectivity index (χ2v) is 6.60. The normalized spacial score (nSPS) is 12.7. The average molecular weight is 341 g/mol. The number of nitrogen functional groups attached to an aromatic ring is 1. The van der Waals surface area contributed by atoms with Crippen LogP contribution in [0.15, 0.2) is 24.8 Å². The molecule has 0 unspecified atom stereocenters. The number of hydrogen-bond acceptors (Lipinski definition) is 7. The van der Waals surface area contributed by atoms with Gasteiger partial charge in [-0.2, -0.15) is 0 Å². The van der Waals surface area contributed by atoms with Crippen LogP contribution in [0.4, 0.5) is 11.6 Å². The van der Waals surface area contributed by atoms with Crippen molar-refractivity contribution in [2.75, 3.05) is 17.7 Å². The molecule has 0 amide bonds. The smallest absolute Gasteiger partial charge is 0.166 e. The molecule has 0 bridgehead atoms. The Labute approximate surface area is 146 Å². The highest BCUT2D eigenvalue weighted by Crippen LogP contribution is 2.28. The van der Waals surface area contributed by atoms with Crippen molar-refractivity contribution >= 4 is 17.3 Å². The van der Waals surface area contributed by atoms with Gasteiger partial charge in [-0.15, -0.1) is 5.10 Å². The van der Waals surface area contributed by atoms with Crippen molar-refractivity contribution in [1.82, 2.24) is 24.6 Å². The van der Waals surface area contributed by atoms with Crippen molar-refractivity contribution in [1.29, 1.82) is 0 Å². The molecule has 0 saturated heterocycles. The van der Waals surface area contributed by atoms with Crippen molar-refractivity contribution in [3.63, 3.8) is 0 Å². The van der Waals surface area contributed by atoms with Crippen molar-refractivity contribution in [2.45, 2.75) is 33.2 Å². The molecule has 3 aromatic rings. The summed E-state index contributed by atoms with van der Waals surface area (Å²) in [5, 5.41) is 17.1. The number of aryl methyl sites for hydroxylation is 1. The summed E-state index contributed by atoms with van der Waals surface area (Å²) >= 11 is 0. The number of hydrogen-bond donors (Lipinski definition) is 3. The minimum atomic E-state index is -0.0650. The molecule has 0 spiro atoms. The Hall–Kier alpha value is -2.74. The molecule has 0 radical (unpaired) electrons. The van der Waals surface area contributed by atoms with Gasteiger partial charge in [-0.3, -0.25) is 0 Å². The summed E-state index contributed by atoms with van der Waals surface area (Å²) < 4.78 is 1.66. The molecule has 8 heteroatoms. The van der Waals surface area contributed by atoms with E-state index in [0.29, 0.717) is 34.5 Å².